The molecule has 0 N–H and O–H groups in total. The van der Waals surface area contributed by atoms with Crippen molar-refractivity contribution in [2.24, 2.45) is 0 Å². The smallest absolute Gasteiger partial charge is 0.308 e. The minimum Gasteiger partial charge on any atom is -0.497 e. The first kappa shape index (κ1) is 18.0. The zero-order chi connectivity index (χ0) is 18.6. The number of rotatable bonds is 5. The zero-order valence-electron chi connectivity index (χ0n) is 14.6. The van der Waals surface area contributed by atoms with Gasteiger partial charge in [-0.15, -0.1) is 11.6 Å². The van der Waals surface area contributed by atoms with Gasteiger partial charge in [0.2, 0.25) is 0 Å². The number of methoxy groups -OCH3 is 1. The maximum Gasteiger partial charge on any atom is 0.308 e. The van der Waals surface area contributed by atoms with Crippen LogP contribution in [0.4, 0.5) is 0 Å². The highest BCUT2D eigenvalue weighted by Crippen LogP contribution is 2.43. The zero-order valence-corrected chi connectivity index (χ0v) is 15.4. The fourth-order valence-electron chi connectivity index (χ4n) is 2.91. The number of hydrogen-bond acceptors (Lipinski definition) is 3. The maximum atomic E-state index is 11.1. The molecular weight excluding hydrogens is 348 g/mol. The van der Waals surface area contributed by atoms with E-state index < -0.39 is 4.87 Å². The van der Waals surface area contributed by atoms with Crippen molar-refractivity contribution in [2.45, 2.75) is 11.8 Å². The predicted octanol–water partition coefficient (Wildman–Crippen LogP) is 5.15. The van der Waals surface area contributed by atoms with Gasteiger partial charge in [-0.3, -0.25) is 4.79 Å². The molecule has 4 heteroatoms. The molecule has 0 aromatic heterocycles. The van der Waals surface area contributed by atoms with Gasteiger partial charge in [-0.05, 0) is 41.0 Å². The second-order valence-corrected chi connectivity index (χ2v) is 6.44. The molecule has 0 heterocycles. The van der Waals surface area contributed by atoms with E-state index in [1.54, 1.807) is 19.2 Å². The summed E-state index contributed by atoms with van der Waals surface area (Å²) < 4.78 is 10.4. The van der Waals surface area contributed by atoms with Gasteiger partial charge in [0.15, 0.2) is 0 Å². The molecule has 1 atom stereocenters. The average molecular weight is 367 g/mol. The molecule has 0 aliphatic rings. The van der Waals surface area contributed by atoms with E-state index in [1.807, 2.05) is 66.7 Å². The molecule has 0 aliphatic carbocycles. The van der Waals surface area contributed by atoms with Crippen LogP contribution in [0.15, 0.2) is 78.9 Å². The van der Waals surface area contributed by atoms with Crippen LogP contribution in [0, 0.1) is 0 Å². The van der Waals surface area contributed by atoms with Gasteiger partial charge in [0.25, 0.3) is 0 Å². The fourth-order valence-corrected chi connectivity index (χ4v) is 3.29. The first-order valence-corrected chi connectivity index (χ1v) is 8.60. The second kappa shape index (κ2) is 7.63. The van der Waals surface area contributed by atoms with Crippen molar-refractivity contribution in [2.75, 3.05) is 7.11 Å². The van der Waals surface area contributed by atoms with E-state index in [0.29, 0.717) is 5.75 Å². The summed E-state index contributed by atoms with van der Waals surface area (Å²) in [7, 11) is 1.63. The van der Waals surface area contributed by atoms with Crippen molar-refractivity contribution < 1.29 is 14.3 Å². The molecule has 3 nitrogen and oxygen atoms in total. The van der Waals surface area contributed by atoms with E-state index in [0.717, 1.165) is 22.4 Å². The molecule has 3 aromatic rings. The Bertz CT molecular complexity index is 874. The van der Waals surface area contributed by atoms with E-state index in [1.165, 1.54) is 6.92 Å². The van der Waals surface area contributed by atoms with Gasteiger partial charge < -0.3 is 9.47 Å². The number of alkyl halides is 1. The van der Waals surface area contributed by atoms with Gasteiger partial charge in [-0.1, -0.05) is 54.6 Å². The third-order valence-corrected chi connectivity index (χ3v) is 4.83. The van der Waals surface area contributed by atoms with E-state index in [9.17, 15) is 4.79 Å². The summed E-state index contributed by atoms with van der Waals surface area (Å²) in [4.78, 5) is 10.3. The predicted molar refractivity (Wildman–Crippen MR) is 103 cm³/mol. The number of esters is 1. The highest BCUT2D eigenvalue weighted by Gasteiger charge is 2.34. The van der Waals surface area contributed by atoms with Crippen molar-refractivity contribution >= 4 is 17.6 Å². The highest BCUT2D eigenvalue weighted by molar-refractivity contribution is 6.28. The van der Waals surface area contributed by atoms with Crippen LogP contribution in [0.2, 0.25) is 0 Å². The molecule has 0 fully saturated rings. The molecule has 132 valence electrons. The van der Waals surface area contributed by atoms with Gasteiger partial charge in [0.05, 0.1) is 7.11 Å². The van der Waals surface area contributed by atoms with Crippen LogP contribution in [0.1, 0.15) is 23.6 Å². The van der Waals surface area contributed by atoms with Crippen LogP contribution >= 0.6 is 11.6 Å². The minimum absolute atomic E-state index is 0.354. The molecule has 0 spiro atoms. The number of halogens is 1. The molecule has 1 unspecified atom stereocenters. The molecule has 0 saturated carbocycles. The normalized spacial score (nSPS) is 12.9. The highest BCUT2D eigenvalue weighted by atomic mass is 35.5. The summed E-state index contributed by atoms with van der Waals surface area (Å²) in [5.74, 6) is 0.905. The summed E-state index contributed by atoms with van der Waals surface area (Å²) in [6.07, 6.45) is 0. The maximum absolute atomic E-state index is 11.1. The van der Waals surface area contributed by atoms with Gasteiger partial charge in [0.1, 0.15) is 16.4 Å². The molecule has 0 amide bonds. The van der Waals surface area contributed by atoms with E-state index in [-0.39, 0.29) is 5.97 Å². The quantitative estimate of drug-likeness (QED) is 0.271. The molecule has 0 saturated heterocycles. The van der Waals surface area contributed by atoms with E-state index in [4.69, 9.17) is 21.1 Å². The van der Waals surface area contributed by atoms with Crippen molar-refractivity contribution in [3.63, 3.8) is 0 Å². The van der Waals surface area contributed by atoms with Crippen LogP contribution in [-0.4, -0.2) is 13.1 Å². The summed E-state index contributed by atoms with van der Waals surface area (Å²) in [5.41, 5.74) is 2.75. The first-order chi connectivity index (χ1) is 12.5. The number of hydrogen-bond donors (Lipinski definition) is 0. The molecule has 0 bridgehead atoms. The van der Waals surface area contributed by atoms with Crippen molar-refractivity contribution in [3.05, 3.63) is 95.6 Å². The molecule has 0 radical (unpaired) electrons. The first-order valence-electron chi connectivity index (χ1n) is 8.22. The van der Waals surface area contributed by atoms with Gasteiger partial charge in [0, 0.05) is 6.92 Å². The van der Waals surface area contributed by atoms with Crippen molar-refractivity contribution in [1.82, 2.24) is 0 Å². The van der Waals surface area contributed by atoms with Crippen LogP contribution in [0.25, 0.3) is 0 Å². The molecular formula is C22H19ClO3. The monoisotopic (exact) mass is 366 g/mol. The number of benzene rings is 3. The van der Waals surface area contributed by atoms with Gasteiger partial charge in [-0.25, -0.2) is 0 Å². The van der Waals surface area contributed by atoms with Gasteiger partial charge >= 0.3 is 5.97 Å². The number of carbonyl (C=O) groups excluding carboxylic acids is 1. The topological polar surface area (TPSA) is 35.5 Å². The largest absolute Gasteiger partial charge is 0.497 e. The lowest BCUT2D eigenvalue weighted by atomic mass is 9.84. The van der Waals surface area contributed by atoms with E-state index >= 15 is 0 Å². The number of ether oxygens (including phenoxy) is 2. The molecule has 26 heavy (non-hydrogen) atoms. The lowest BCUT2D eigenvalue weighted by molar-refractivity contribution is -0.131. The van der Waals surface area contributed by atoms with Crippen LogP contribution in [-0.2, 0) is 9.67 Å². The summed E-state index contributed by atoms with van der Waals surface area (Å²) in [5, 5.41) is 0. The average Bonchev–Trinajstić information content (AvgIpc) is 2.68. The lowest BCUT2D eigenvalue weighted by Crippen LogP contribution is -2.22. The SMILES string of the molecule is COc1ccc(C(Cl)(c2ccccc2)c2ccc(OC(C)=O)cc2)cc1. The Kier molecular flexibility index (Phi) is 5.29. The Morgan fingerprint density at radius 2 is 1.23 bits per heavy atom. The molecule has 3 rings (SSSR count). The summed E-state index contributed by atoms with van der Waals surface area (Å²) >= 11 is 7.22. The van der Waals surface area contributed by atoms with E-state index in [2.05, 4.69) is 0 Å². The standard InChI is InChI=1S/C22H19ClO3/c1-16(24)26-21-14-10-19(11-15-21)22(23,17-6-4-3-5-7-17)18-8-12-20(25-2)13-9-18/h3-15H,1-2H3. The Morgan fingerprint density at radius 3 is 1.69 bits per heavy atom. The molecule has 0 aliphatic heterocycles. The fraction of sp³-hybridized carbons (Fsp3) is 0.136. The Hall–Kier alpha value is -2.78. The Labute approximate surface area is 158 Å². The summed E-state index contributed by atoms with van der Waals surface area (Å²) in [6.45, 7) is 1.38. The van der Waals surface area contributed by atoms with Crippen molar-refractivity contribution in [3.8, 4) is 11.5 Å². The minimum atomic E-state index is -0.873. The van der Waals surface area contributed by atoms with Crippen molar-refractivity contribution in [1.29, 1.82) is 0 Å². The second-order valence-electron chi connectivity index (χ2n) is 5.87. The Morgan fingerprint density at radius 1 is 0.769 bits per heavy atom. The number of carbonyl (C=O) groups is 1. The lowest BCUT2D eigenvalue weighted by Gasteiger charge is -2.29. The molecule has 3 aromatic carbocycles. The summed E-state index contributed by atoms with van der Waals surface area (Å²) in [6, 6.07) is 24.8. The third kappa shape index (κ3) is 3.58. The van der Waals surface area contributed by atoms with Crippen LogP contribution in [0.3, 0.4) is 0 Å². The van der Waals surface area contributed by atoms with Crippen LogP contribution in [0.5, 0.6) is 11.5 Å². The van der Waals surface area contributed by atoms with Crippen LogP contribution < -0.4 is 9.47 Å². The van der Waals surface area contributed by atoms with Gasteiger partial charge in [-0.2, -0.15) is 0 Å². The Balaban J connectivity index is 2.10. The third-order valence-electron chi connectivity index (χ3n) is 4.17.